The summed E-state index contributed by atoms with van der Waals surface area (Å²) >= 11 is 0. The van der Waals surface area contributed by atoms with Crippen LogP contribution < -0.4 is 0 Å². The Hall–Kier alpha value is -0.590. The van der Waals surface area contributed by atoms with Crippen molar-refractivity contribution in [3.05, 3.63) is 12.2 Å². The van der Waals surface area contributed by atoms with E-state index in [2.05, 4.69) is 6.92 Å². The summed E-state index contributed by atoms with van der Waals surface area (Å²) in [5.41, 5.74) is 0. The van der Waals surface area contributed by atoms with E-state index in [1.165, 1.54) is 19.3 Å². The normalized spacial score (nSPS) is 29.4. The lowest BCUT2D eigenvalue weighted by molar-refractivity contribution is -0.120. The Labute approximate surface area is 81.2 Å². The summed E-state index contributed by atoms with van der Waals surface area (Å²) in [6, 6.07) is 0. The van der Waals surface area contributed by atoms with Crippen LogP contribution in [0.1, 0.15) is 46.0 Å². The van der Waals surface area contributed by atoms with Crippen molar-refractivity contribution in [3.8, 4) is 0 Å². The predicted molar refractivity (Wildman–Crippen MR) is 55.6 cm³/mol. The molecule has 1 fully saturated rings. The fraction of sp³-hybridized carbons (Fsp3) is 0.750. The number of ketones is 1. The van der Waals surface area contributed by atoms with E-state index in [-0.39, 0.29) is 0 Å². The van der Waals surface area contributed by atoms with Gasteiger partial charge in [-0.25, -0.2) is 0 Å². The maximum atomic E-state index is 11.7. The van der Waals surface area contributed by atoms with E-state index in [1.54, 1.807) is 6.08 Å². The zero-order chi connectivity index (χ0) is 9.68. The van der Waals surface area contributed by atoms with Gasteiger partial charge in [0.1, 0.15) is 0 Å². The van der Waals surface area contributed by atoms with Crippen LogP contribution in [0, 0.1) is 11.8 Å². The topological polar surface area (TPSA) is 17.1 Å². The Balaban J connectivity index is 2.58. The summed E-state index contributed by atoms with van der Waals surface area (Å²) in [5.74, 6) is 1.33. The Morgan fingerprint density at radius 2 is 2.08 bits per heavy atom. The molecule has 1 saturated carbocycles. The first kappa shape index (κ1) is 10.5. The molecule has 0 aliphatic heterocycles. The molecule has 0 radical (unpaired) electrons. The molecule has 0 aromatic rings. The summed E-state index contributed by atoms with van der Waals surface area (Å²) in [4.78, 5) is 11.7. The number of carbonyl (C=O) groups is 1. The molecule has 1 nitrogen and oxygen atoms in total. The lowest BCUT2D eigenvalue weighted by atomic mass is 9.75. The van der Waals surface area contributed by atoms with E-state index in [9.17, 15) is 4.79 Å². The maximum Gasteiger partial charge on any atom is 0.158 e. The summed E-state index contributed by atoms with van der Waals surface area (Å²) in [6.07, 6.45) is 9.70. The van der Waals surface area contributed by atoms with E-state index >= 15 is 0 Å². The second-order valence-electron chi connectivity index (χ2n) is 3.96. The quantitative estimate of drug-likeness (QED) is 0.609. The zero-order valence-electron chi connectivity index (χ0n) is 8.75. The van der Waals surface area contributed by atoms with Crippen molar-refractivity contribution in [2.45, 2.75) is 46.0 Å². The molecule has 2 unspecified atom stereocenters. The van der Waals surface area contributed by atoms with Crippen LogP contribution in [-0.4, -0.2) is 5.78 Å². The highest BCUT2D eigenvalue weighted by molar-refractivity contribution is 5.91. The Kier molecular flexibility index (Phi) is 4.20. The van der Waals surface area contributed by atoms with Crippen molar-refractivity contribution in [2.75, 3.05) is 0 Å². The molecule has 0 aromatic heterocycles. The van der Waals surface area contributed by atoms with Gasteiger partial charge in [-0.3, -0.25) is 4.79 Å². The standard InChI is InChI=1S/C12H20O/c1-3-7-12(13)11-9-6-5-8-10(11)4-2/h3,7,10-11H,4-6,8-9H2,1-2H3/b7-3+. The SMILES string of the molecule is C/C=C/C(=O)C1CCCCC1CC. The van der Waals surface area contributed by atoms with Crippen LogP contribution in [0.25, 0.3) is 0 Å². The molecule has 0 heterocycles. The summed E-state index contributed by atoms with van der Waals surface area (Å²) in [5, 5.41) is 0. The van der Waals surface area contributed by atoms with E-state index < -0.39 is 0 Å². The average molecular weight is 180 g/mol. The van der Waals surface area contributed by atoms with Crippen molar-refractivity contribution in [1.82, 2.24) is 0 Å². The van der Waals surface area contributed by atoms with Crippen LogP contribution in [-0.2, 0) is 4.79 Å². The van der Waals surface area contributed by atoms with Gasteiger partial charge in [0.25, 0.3) is 0 Å². The van der Waals surface area contributed by atoms with Crippen molar-refractivity contribution in [3.63, 3.8) is 0 Å². The van der Waals surface area contributed by atoms with E-state index in [0.717, 1.165) is 12.8 Å². The van der Waals surface area contributed by atoms with E-state index in [4.69, 9.17) is 0 Å². The molecule has 0 aromatic carbocycles. The molecule has 0 amide bonds. The third-order valence-electron chi connectivity index (χ3n) is 3.13. The molecule has 74 valence electrons. The van der Waals surface area contributed by atoms with Crippen LogP contribution in [0.4, 0.5) is 0 Å². The maximum absolute atomic E-state index is 11.7. The van der Waals surface area contributed by atoms with Crippen molar-refractivity contribution in [1.29, 1.82) is 0 Å². The van der Waals surface area contributed by atoms with E-state index in [0.29, 0.717) is 17.6 Å². The first-order valence-electron chi connectivity index (χ1n) is 5.46. The lowest BCUT2D eigenvalue weighted by Gasteiger charge is -2.28. The summed E-state index contributed by atoms with van der Waals surface area (Å²) < 4.78 is 0. The van der Waals surface area contributed by atoms with Gasteiger partial charge in [-0.2, -0.15) is 0 Å². The number of hydrogen-bond donors (Lipinski definition) is 0. The number of carbonyl (C=O) groups excluding carboxylic acids is 1. The monoisotopic (exact) mass is 180 g/mol. The van der Waals surface area contributed by atoms with Crippen LogP contribution in [0.15, 0.2) is 12.2 Å². The molecule has 13 heavy (non-hydrogen) atoms. The van der Waals surface area contributed by atoms with Gasteiger partial charge in [-0.1, -0.05) is 32.3 Å². The average Bonchev–Trinajstić information content (AvgIpc) is 2.18. The summed E-state index contributed by atoms with van der Waals surface area (Å²) in [6.45, 7) is 4.12. The van der Waals surface area contributed by atoms with Gasteiger partial charge in [0.05, 0.1) is 0 Å². The smallest absolute Gasteiger partial charge is 0.158 e. The molecule has 0 saturated heterocycles. The van der Waals surface area contributed by atoms with Crippen LogP contribution in [0.3, 0.4) is 0 Å². The van der Waals surface area contributed by atoms with Crippen molar-refractivity contribution < 1.29 is 4.79 Å². The minimum Gasteiger partial charge on any atom is -0.295 e. The Bertz CT molecular complexity index is 193. The summed E-state index contributed by atoms with van der Waals surface area (Å²) in [7, 11) is 0. The lowest BCUT2D eigenvalue weighted by Crippen LogP contribution is -2.25. The van der Waals surface area contributed by atoms with Gasteiger partial charge < -0.3 is 0 Å². The molecule has 1 aliphatic rings. The molecule has 2 atom stereocenters. The molecule has 1 rings (SSSR count). The molecule has 0 N–H and O–H groups in total. The molecular formula is C12H20O. The van der Waals surface area contributed by atoms with Gasteiger partial charge in [0.15, 0.2) is 5.78 Å². The van der Waals surface area contributed by atoms with Gasteiger partial charge >= 0.3 is 0 Å². The predicted octanol–water partition coefficient (Wildman–Crippen LogP) is 3.35. The third kappa shape index (κ3) is 2.68. The number of allylic oxidation sites excluding steroid dienone is 2. The van der Waals surface area contributed by atoms with Gasteiger partial charge in [-0.05, 0) is 31.8 Å². The Morgan fingerprint density at radius 3 is 2.69 bits per heavy atom. The molecule has 0 spiro atoms. The fourth-order valence-corrected chi connectivity index (χ4v) is 2.36. The van der Waals surface area contributed by atoms with Crippen LogP contribution in [0.5, 0.6) is 0 Å². The fourth-order valence-electron chi connectivity index (χ4n) is 2.36. The van der Waals surface area contributed by atoms with E-state index in [1.807, 2.05) is 13.0 Å². The molecule has 0 bridgehead atoms. The number of rotatable bonds is 3. The van der Waals surface area contributed by atoms with Gasteiger partial charge in [-0.15, -0.1) is 0 Å². The second kappa shape index (κ2) is 5.21. The molecule has 1 aliphatic carbocycles. The van der Waals surface area contributed by atoms with Gasteiger partial charge in [0.2, 0.25) is 0 Å². The van der Waals surface area contributed by atoms with Crippen molar-refractivity contribution >= 4 is 5.78 Å². The number of hydrogen-bond acceptors (Lipinski definition) is 1. The minimum atomic E-state index is 0.329. The molecular weight excluding hydrogens is 160 g/mol. The highest BCUT2D eigenvalue weighted by atomic mass is 16.1. The van der Waals surface area contributed by atoms with Gasteiger partial charge in [0, 0.05) is 5.92 Å². The zero-order valence-corrected chi connectivity index (χ0v) is 8.75. The van der Waals surface area contributed by atoms with Crippen LogP contribution >= 0.6 is 0 Å². The third-order valence-corrected chi connectivity index (χ3v) is 3.13. The Morgan fingerprint density at radius 1 is 1.38 bits per heavy atom. The first-order valence-corrected chi connectivity index (χ1v) is 5.46. The molecule has 1 heteroatoms. The largest absolute Gasteiger partial charge is 0.295 e. The van der Waals surface area contributed by atoms with Crippen LogP contribution in [0.2, 0.25) is 0 Å². The highest BCUT2D eigenvalue weighted by Crippen LogP contribution is 2.32. The minimum absolute atomic E-state index is 0.329. The highest BCUT2D eigenvalue weighted by Gasteiger charge is 2.27. The first-order chi connectivity index (χ1) is 6.29. The van der Waals surface area contributed by atoms with Crippen molar-refractivity contribution in [2.24, 2.45) is 11.8 Å². The second-order valence-corrected chi connectivity index (χ2v) is 3.96.